The van der Waals surface area contributed by atoms with Gasteiger partial charge in [0.05, 0.1) is 18.2 Å². The first-order chi connectivity index (χ1) is 8.47. The summed E-state index contributed by atoms with van der Waals surface area (Å²) in [6.07, 6.45) is -1.89. The number of hydrogen-bond donors (Lipinski definition) is 1. The van der Waals surface area contributed by atoms with E-state index in [0.717, 1.165) is 12.1 Å². The Bertz CT molecular complexity index is 384. The number of hydrogen-bond acceptors (Lipinski definition) is 2. The van der Waals surface area contributed by atoms with Gasteiger partial charge in [-0.05, 0) is 36.5 Å². The molecule has 1 atom stereocenters. The molecule has 0 heterocycles. The predicted octanol–water partition coefficient (Wildman–Crippen LogP) is 3.13. The maximum absolute atomic E-state index is 12.4. The van der Waals surface area contributed by atoms with Crippen LogP contribution in [0.5, 0.6) is 0 Å². The van der Waals surface area contributed by atoms with Gasteiger partial charge in [0, 0.05) is 6.61 Å². The van der Waals surface area contributed by atoms with Crippen LogP contribution in [0.1, 0.15) is 30.0 Å². The molecule has 1 aromatic carbocycles. The minimum Gasteiger partial charge on any atom is -0.379 e. The maximum Gasteiger partial charge on any atom is 0.416 e. The third-order valence-electron chi connectivity index (χ3n) is 3.01. The lowest BCUT2D eigenvalue weighted by Gasteiger charge is -2.14. The van der Waals surface area contributed by atoms with Gasteiger partial charge < -0.3 is 10.5 Å². The zero-order valence-corrected chi connectivity index (χ0v) is 9.91. The Morgan fingerprint density at radius 2 is 1.83 bits per heavy atom. The first-order valence-corrected chi connectivity index (χ1v) is 5.97. The second-order valence-corrected chi connectivity index (χ2v) is 4.71. The van der Waals surface area contributed by atoms with Crippen molar-refractivity contribution in [3.05, 3.63) is 35.4 Å². The van der Waals surface area contributed by atoms with Crippen molar-refractivity contribution >= 4 is 0 Å². The Morgan fingerprint density at radius 3 is 2.33 bits per heavy atom. The average molecular weight is 259 g/mol. The maximum atomic E-state index is 12.4. The number of benzene rings is 1. The molecule has 1 fully saturated rings. The van der Waals surface area contributed by atoms with Crippen molar-refractivity contribution in [3.8, 4) is 0 Å². The average Bonchev–Trinajstić information content (AvgIpc) is 3.12. The standard InChI is InChI=1S/C13H16F3NO/c14-13(15,16)11-5-3-10(4-6-11)12(17)8-18-7-9-1-2-9/h3-6,9,12H,1-2,7-8,17H2. The van der Waals surface area contributed by atoms with Gasteiger partial charge in [0.25, 0.3) is 0 Å². The molecule has 0 amide bonds. The van der Waals surface area contributed by atoms with Gasteiger partial charge >= 0.3 is 6.18 Å². The van der Waals surface area contributed by atoms with Crippen LogP contribution in [-0.4, -0.2) is 13.2 Å². The van der Waals surface area contributed by atoms with Gasteiger partial charge in [-0.1, -0.05) is 12.1 Å². The quantitative estimate of drug-likeness (QED) is 0.881. The monoisotopic (exact) mass is 259 g/mol. The lowest BCUT2D eigenvalue weighted by atomic mass is 10.1. The Kier molecular flexibility index (Phi) is 3.92. The fourth-order valence-corrected chi connectivity index (χ4v) is 1.66. The van der Waals surface area contributed by atoms with Gasteiger partial charge in [0.2, 0.25) is 0 Å². The Hall–Kier alpha value is -1.07. The van der Waals surface area contributed by atoms with Gasteiger partial charge in [-0.25, -0.2) is 0 Å². The summed E-state index contributed by atoms with van der Waals surface area (Å²) >= 11 is 0. The van der Waals surface area contributed by atoms with E-state index in [1.165, 1.54) is 25.0 Å². The lowest BCUT2D eigenvalue weighted by molar-refractivity contribution is -0.137. The van der Waals surface area contributed by atoms with Crippen LogP contribution in [0.4, 0.5) is 13.2 Å². The third kappa shape index (κ3) is 3.71. The van der Waals surface area contributed by atoms with Crippen LogP contribution < -0.4 is 5.73 Å². The molecule has 0 aliphatic heterocycles. The molecule has 0 saturated heterocycles. The summed E-state index contributed by atoms with van der Waals surface area (Å²) in [5.74, 6) is 0.657. The highest BCUT2D eigenvalue weighted by Gasteiger charge is 2.30. The van der Waals surface area contributed by atoms with Crippen molar-refractivity contribution in [2.24, 2.45) is 11.7 Å². The number of ether oxygens (including phenoxy) is 1. The molecule has 100 valence electrons. The second-order valence-electron chi connectivity index (χ2n) is 4.71. The van der Waals surface area contributed by atoms with E-state index >= 15 is 0 Å². The van der Waals surface area contributed by atoms with Gasteiger partial charge in [-0.15, -0.1) is 0 Å². The van der Waals surface area contributed by atoms with Crippen molar-refractivity contribution in [2.75, 3.05) is 13.2 Å². The van der Waals surface area contributed by atoms with Crippen LogP contribution >= 0.6 is 0 Å². The molecule has 2 rings (SSSR count). The molecule has 2 N–H and O–H groups in total. The summed E-state index contributed by atoms with van der Waals surface area (Å²) in [7, 11) is 0. The Labute approximate surface area is 104 Å². The molecule has 1 aliphatic rings. The predicted molar refractivity (Wildman–Crippen MR) is 61.9 cm³/mol. The fraction of sp³-hybridized carbons (Fsp3) is 0.538. The topological polar surface area (TPSA) is 35.2 Å². The van der Waals surface area contributed by atoms with E-state index in [-0.39, 0.29) is 6.04 Å². The van der Waals surface area contributed by atoms with Crippen molar-refractivity contribution in [1.82, 2.24) is 0 Å². The molecular weight excluding hydrogens is 243 g/mol. The van der Waals surface area contributed by atoms with Crippen LogP contribution in [0.15, 0.2) is 24.3 Å². The van der Waals surface area contributed by atoms with E-state index in [2.05, 4.69) is 0 Å². The van der Waals surface area contributed by atoms with E-state index in [0.29, 0.717) is 24.7 Å². The Balaban J connectivity index is 1.87. The molecule has 1 aliphatic carbocycles. The first-order valence-electron chi connectivity index (χ1n) is 5.97. The SMILES string of the molecule is NC(COCC1CC1)c1ccc(C(F)(F)F)cc1. The largest absolute Gasteiger partial charge is 0.416 e. The number of alkyl halides is 3. The van der Waals surface area contributed by atoms with Crippen LogP contribution in [0.25, 0.3) is 0 Å². The van der Waals surface area contributed by atoms with E-state index in [9.17, 15) is 13.2 Å². The minimum atomic E-state index is -4.30. The molecule has 1 saturated carbocycles. The number of rotatable bonds is 5. The molecule has 0 bridgehead atoms. The van der Waals surface area contributed by atoms with E-state index < -0.39 is 11.7 Å². The molecular formula is C13H16F3NO. The van der Waals surface area contributed by atoms with Gasteiger partial charge in [0.15, 0.2) is 0 Å². The molecule has 0 radical (unpaired) electrons. The molecule has 2 nitrogen and oxygen atoms in total. The summed E-state index contributed by atoms with van der Waals surface area (Å²) in [6.45, 7) is 1.05. The first kappa shape index (κ1) is 13.4. The summed E-state index contributed by atoms with van der Waals surface area (Å²) in [5.41, 5.74) is 5.86. The number of halogens is 3. The zero-order valence-electron chi connectivity index (χ0n) is 9.91. The normalized spacial score (nSPS) is 17.8. The van der Waals surface area contributed by atoms with Crippen molar-refractivity contribution in [1.29, 1.82) is 0 Å². The molecule has 0 aromatic heterocycles. The molecule has 0 spiro atoms. The van der Waals surface area contributed by atoms with Gasteiger partial charge in [0.1, 0.15) is 0 Å². The minimum absolute atomic E-state index is 0.349. The van der Waals surface area contributed by atoms with Crippen LogP contribution in [0, 0.1) is 5.92 Å². The lowest BCUT2D eigenvalue weighted by Crippen LogP contribution is -2.18. The zero-order chi connectivity index (χ0) is 13.2. The van der Waals surface area contributed by atoms with Crippen molar-refractivity contribution in [3.63, 3.8) is 0 Å². The molecule has 1 unspecified atom stereocenters. The molecule has 18 heavy (non-hydrogen) atoms. The highest BCUT2D eigenvalue weighted by atomic mass is 19.4. The van der Waals surface area contributed by atoms with Crippen LogP contribution in [0.3, 0.4) is 0 Å². The summed E-state index contributed by atoms with van der Waals surface area (Å²) in [5, 5.41) is 0. The molecule has 1 aromatic rings. The summed E-state index contributed by atoms with van der Waals surface area (Å²) in [6, 6.07) is 4.56. The highest BCUT2D eigenvalue weighted by Crippen LogP contribution is 2.30. The van der Waals surface area contributed by atoms with Crippen LogP contribution in [0.2, 0.25) is 0 Å². The smallest absolute Gasteiger partial charge is 0.379 e. The van der Waals surface area contributed by atoms with E-state index in [1.807, 2.05) is 0 Å². The Morgan fingerprint density at radius 1 is 1.22 bits per heavy atom. The van der Waals surface area contributed by atoms with Crippen molar-refractivity contribution < 1.29 is 17.9 Å². The fourth-order valence-electron chi connectivity index (χ4n) is 1.66. The van der Waals surface area contributed by atoms with Crippen molar-refractivity contribution in [2.45, 2.75) is 25.1 Å². The van der Waals surface area contributed by atoms with E-state index in [1.54, 1.807) is 0 Å². The second kappa shape index (κ2) is 5.28. The third-order valence-corrected chi connectivity index (χ3v) is 3.01. The van der Waals surface area contributed by atoms with Gasteiger partial charge in [-0.3, -0.25) is 0 Å². The highest BCUT2D eigenvalue weighted by molar-refractivity contribution is 5.26. The van der Waals surface area contributed by atoms with Crippen LogP contribution in [-0.2, 0) is 10.9 Å². The molecule has 5 heteroatoms. The summed E-state index contributed by atoms with van der Waals surface area (Å²) < 4.78 is 42.5. The number of nitrogens with two attached hydrogens (primary N) is 1. The summed E-state index contributed by atoms with van der Waals surface area (Å²) in [4.78, 5) is 0. The van der Waals surface area contributed by atoms with E-state index in [4.69, 9.17) is 10.5 Å². The van der Waals surface area contributed by atoms with Gasteiger partial charge in [-0.2, -0.15) is 13.2 Å².